The lowest BCUT2D eigenvalue weighted by Crippen LogP contribution is -2.08. The Labute approximate surface area is 90.4 Å². The van der Waals surface area contributed by atoms with E-state index in [9.17, 15) is 5.11 Å². The Kier molecular flexibility index (Phi) is 2.14. The lowest BCUT2D eigenvalue weighted by Gasteiger charge is -2.19. The van der Waals surface area contributed by atoms with E-state index in [1.807, 2.05) is 30.3 Å². The maximum absolute atomic E-state index is 10.3. The van der Waals surface area contributed by atoms with Gasteiger partial charge in [0.25, 0.3) is 0 Å². The van der Waals surface area contributed by atoms with Crippen molar-refractivity contribution in [2.75, 3.05) is 0 Å². The van der Waals surface area contributed by atoms with Crippen molar-refractivity contribution < 1.29 is 5.11 Å². The summed E-state index contributed by atoms with van der Waals surface area (Å²) < 4.78 is 0. The van der Waals surface area contributed by atoms with Crippen molar-refractivity contribution in [2.45, 2.75) is 25.4 Å². The normalized spacial score (nSPS) is 30.3. The predicted octanol–water partition coefficient (Wildman–Crippen LogP) is 3.08. The Morgan fingerprint density at radius 1 is 1.13 bits per heavy atom. The number of allylic oxidation sites excluding steroid dienone is 1. The van der Waals surface area contributed by atoms with Crippen molar-refractivity contribution in [3.8, 4) is 0 Å². The highest BCUT2D eigenvalue weighted by molar-refractivity contribution is 5.31. The lowest BCUT2D eigenvalue weighted by molar-refractivity contribution is 0.202. The Hall–Kier alpha value is -1.08. The summed E-state index contributed by atoms with van der Waals surface area (Å²) in [6.07, 6.45) is 5.84. The maximum atomic E-state index is 10.3. The van der Waals surface area contributed by atoms with E-state index in [4.69, 9.17) is 0 Å². The van der Waals surface area contributed by atoms with Gasteiger partial charge in [-0.05, 0) is 42.2 Å². The van der Waals surface area contributed by atoms with Gasteiger partial charge >= 0.3 is 0 Å². The van der Waals surface area contributed by atoms with Crippen LogP contribution in [0.2, 0.25) is 0 Å². The third-order valence-corrected chi connectivity index (χ3v) is 3.80. The average molecular weight is 200 g/mol. The molecule has 0 heterocycles. The molecule has 1 aromatic carbocycles. The van der Waals surface area contributed by atoms with Crippen LogP contribution in [0.4, 0.5) is 0 Å². The highest BCUT2D eigenvalue weighted by Gasteiger charge is 2.35. The van der Waals surface area contributed by atoms with Crippen LogP contribution in [-0.4, -0.2) is 5.11 Å². The van der Waals surface area contributed by atoms with Gasteiger partial charge in [0.15, 0.2) is 0 Å². The molecule has 2 aliphatic carbocycles. The van der Waals surface area contributed by atoms with Crippen molar-refractivity contribution >= 4 is 0 Å². The van der Waals surface area contributed by atoms with Gasteiger partial charge in [-0.3, -0.25) is 0 Å². The number of fused-ring (bicyclic) bond motifs is 2. The summed E-state index contributed by atoms with van der Waals surface area (Å²) in [6.45, 7) is 0. The molecule has 15 heavy (non-hydrogen) atoms. The lowest BCUT2D eigenvalue weighted by atomic mass is 9.90. The first-order valence-electron chi connectivity index (χ1n) is 5.79. The van der Waals surface area contributed by atoms with E-state index in [1.54, 1.807) is 0 Å². The summed E-state index contributed by atoms with van der Waals surface area (Å²) in [5.41, 5.74) is 2.31. The predicted molar refractivity (Wildman–Crippen MR) is 60.3 cm³/mol. The van der Waals surface area contributed by atoms with Crippen LogP contribution in [0.5, 0.6) is 0 Å². The molecular weight excluding hydrogens is 184 g/mol. The SMILES string of the molecule is OC(C1=CC2CCC1C2)c1ccccc1. The number of rotatable bonds is 2. The van der Waals surface area contributed by atoms with Gasteiger partial charge in [-0.1, -0.05) is 36.4 Å². The molecule has 78 valence electrons. The summed E-state index contributed by atoms with van der Waals surface area (Å²) in [5, 5.41) is 10.3. The summed E-state index contributed by atoms with van der Waals surface area (Å²) >= 11 is 0. The topological polar surface area (TPSA) is 20.2 Å². The number of hydrogen-bond donors (Lipinski definition) is 1. The van der Waals surface area contributed by atoms with Gasteiger partial charge in [-0.25, -0.2) is 0 Å². The van der Waals surface area contributed by atoms with Crippen LogP contribution in [0, 0.1) is 11.8 Å². The van der Waals surface area contributed by atoms with E-state index in [0.717, 1.165) is 11.5 Å². The molecule has 1 aromatic rings. The second-order valence-corrected chi connectivity index (χ2v) is 4.75. The zero-order valence-corrected chi connectivity index (χ0v) is 8.76. The van der Waals surface area contributed by atoms with Gasteiger partial charge < -0.3 is 5.11 Å². The first kappa shape index (κ1) is 9.17. The molecule has 0 amide bonds. The largest absolute Gasteiger partial charge is 0.384 e. The molecule has 2 aliphatic rings. The summed E-state index contributed by atoms with van der Waals surface area (Å²) in [4.78, 5) is 0. The molecule has 1 N–H and O–H groups in total. The molecule has 1 nitrogen and oxygen atoms in total. The highest BCUT2D eigenvalue weighted by atomic mass is 16.3. The van der Waals surface area contributed by atoms with Crippen LogP contribution in [-0.2, 0) is 0 Å². The highest BCUT2D eigenvalue weighted by Crippen LogP contribution is 2.47. The van der Waals surface area contributed by atoms with Crippen molar-refractivity contribution in [1.82, 2.24) is 0 Å². The Morgan fingerprint density at radius 2 is 1.93 bits per heavy atom. The summed E-state index contributed by atoms with van der Waals surface area (Å²) in [5.74, 6) is 1.41. The van der Waals surface area contributed by atoms with E-state index >= 15 is 0 Å². The van der Waals surface area contributed by atoms with Crippen LogP contribution in [0.3, 0.4) is 0 Å². The van der Waals surface area contributed by atoms with Crippen LogP contribution in [0.25, 0.3) is 0 Å². The van der Waals surface area contributed by atoms with E-state index in [2.05, 4.69) is 6.08 Å². The fourth-order valence-corrected chi connectivity index (χ4v) is 3.02. The van der Waals surface area contributed by atoms with Crippen molar-refractivity contribution in [2.24, 2.45) is 11.8 Å². The first-order chi connectivity index (χ1) is 7.34. The molecule has 0 saturated heterocycles. The molecule has 0 spiro atoms. The molecule has 3 unspecified atom stereocenters. The van der Waals surface area contributed by atoms with Crippen LogP contribution in [0.1, 0.15) is 30.9 Å². The van der Waals surface area contributed by atoms with Crippen molar-refractivity contribution in [3.05, 3.63) is 47.5 Å². The minimum atomic E-state index is -0.360. The number of aliphatic hydroxyl groups is 1. The van der Waals surface area contributed by atoms with Gasteiger partial charge in [0.2, 0.25) is 0 Å². The van der Waals surface area contributed by atoms with Gasteiger partial charge in [0.05, 0.1) is 0 Å². The van der Waals surface area contributed by atoms with Gasteiger partial charge in [-0.2, -0.15) is 0 Å². The standard InChI is InChI=1S/C14H16O/c15-14(11-4-2-1-3-5-11)13-9-10-6-7-12(13)8-10/h1-5,9-10,12,14-15H,6-8H2. The van der Waals surface area contributed by atoms with Crippen LogP contribution < -0.4 is 0 Å². The number of aliphatic hydroxyl groups excluding tert-OH is 1. The molecule has 1 fully saturated rings. The second kappa shape index (κ2) is 3.49. The average Bonchev–Trinajstić information content (AvgIpc) is 2.91. The van der Waals surface area contributed by atoms with Gasteiger partial charge in [-0.15, -0.1) is 0 Å². The van der Waals surface area contributed by atoms with Crippen LogP contribution >= 0.6 is 0 Å². The fraction of sp³-hybridized carbons (Fsp3) is 0.429. The number of benzene rings is 1. The molecule has 3 atom stereocenters. The van der Waals surface area contributed by atoms with Crippen molar-refractivity contribution in [1.29, 1.82) is 0 Å². The zero-order valence-electron chi connectivity index (χ0n) is 8.76. The van der Waals surface area contributed by atoms with Gasteiger partial charge in [0.1, 0.15) is 6.10 Å². The second-order valence-electron chi connectivity index (χ2n) is 4.75. The van der Waals surface area contributed by atoms with Gasteiger partial charge in [0, 0.05) is 0 Å². The van der Waals surface area contributed by atoms with Crippen molar-refractivity contribution in [3.63, 3.8) is 0 Å². The van der Waals surface area contributed by atoms with E-state index < -0.39 is 0 Å². The first-order valence-corrected chi connectivity index (χ1v) is 5.79. The van der Waals surface area contributed by atoms with E-state index in [1.165, 1.54) is 24.8 Å². The molecule has 0 aliphatic heterocycles. The molecule has 0 aromatic heterocycles. The third-order valence-electron chi connectivity index (χ3n) is 3.80. The molecule has 0 radical (unpaired) electrons. The Bertz CT molecular complexity index is 380. The molecule has 1 heteroatoms. The van der Waals surface area contributed by atoms with Crippen LogP contribution in [0.15, 0.2) is 42.0 Å². The van der Waals surface area contributed by atoms with E-state index in [-0.39, 0.29) is 6.10 Å². The Morgan fingerprint density at radius 3 is 2.53 bits per heavy atom. The third kappa shape index (κ3) is 1.51. The molecule has 3 rings (SSSR count). The smallest absolute Gasteiger partial charge is 0.100 e. The molecular formula is C14H16O. The summed E-state index contributed by atoms with van der Waals surface area (Å²) in [6, 6.07) is 10.00. The monoisotopic (exact) mass is 200 g/mol. The zero-order chi connectivity index (χ0) is 10.3. The maximum Gasteiger partial charge on any atom is 0.100 e. The number of hydrogen-bond acceptors (Lipinski definition) is 1. The molecule has 1 saturated carbocycles. The minimum Gasteiger partial charge on any atom is -0.384 e. The Balaban J connectivity index is 1.87. The minimum absolute atomic E-state index is 0.360. The van der Waals surface area contributed by atoms with E-state index in [0.29, 0.717) is 5.92 Å². The fourth-order valence-electron chi connectivity index (χ4n) is 3.02. The molecule has 2 bridgehead atoms. The summed E-state index contributed by atoms with van der Waals surface area (Å²) in [7, 11) is 0. The quantitative estimate of drug-likeness (QED) is 0.727.